The predicted molar refractivity (Wildman–Crippen MR) is 62.7 cm³/mol. The van der Waals surface area contributed by atoms with E-state index in [0.29, 0.717) is 11.5 Å². The molecule has 2 heterocycles. The van der Waals surface area contributed by atoms with Gasteiger partial charge in [-0.05, 0) is 18.5 Å². The molecule has 0 aliphatic heterocycles. The second-order valence-corrected chi connectivity index (χ2v) is 3.71. The number of anilines is 3. The van der Waals surface area contributed by atoms with Gasteiger partial charge in [0.05, 0.1) is 23.3 Å². The Morgan fingerprint density at radius 3 is 2.88 bits per heavy atom. The first-order chi connectivity index (χ1) is 7.56. The third kappa shape index (κ3) is 2.06. The second kappa shape index (κ2) is 3.97. The number of rotatable bonds is 2. The average Bonchev–Trinajstić information content (AvgIpc) is 2.51. The molecule has 2 aromatic rings. The second-order valence-electron chi connectivity index (χ2n) is 3.37. The van der Waals surface area contributed by atoms with Gasteiger partial charge in [0.1, 0.15) is 0 Å². The molecule has 0 unspecified atom stereocenters. The minimum atomic E-state index is 0.151. The first-order valence-electron chi connectivity index (χ1n) is 4.61. The van der Waals surface area contributed by atoms with Crippen LogP contribution in [-0.4, -0.2) is 19.7 Å². The predicted octanol–water partition coefficient (Wildman–Crippen LogP) is 1.50. The van der Waals surface area contributed by atoms with Crippen molar-refractivity contribution in [2.24, 2.45) is 7.05 Å². The molecule has 0 aliphatic rings. The monoisotopic (exact) mass is 238 g/mol. The molecule has 2 rings (SSSR count). The minimum absolute atomic E-state index is 0.151. The Labute approximate surface area is 97.5 Å². The molecule has 0 fully saturated rings. The topological polar surface area (TPSA) is 81.7 Å². The standard InChI is InChI=1S/C9H11ClN6/c1-5-7(4-16(2)15-5)13-8-6(11)3-12-9(10)14-8/h3-4H,11H2,1-2H3,(H,12,13,14). The molecule has 6 nitrogen and oxygen atoms in total. The van der Waals surface area contributed by atoms with Crippen molar-refractivity contribution in [1.29, 1.82) is 0 Å². The Kier molecular flexibility index (Phi) is 2.66. The Hall–Kier alpha value is -1.82. The zero-order valence-electron chi connectivity index (χ0n) is 8.90. The summed E-state index contributed by atoms with van der Waals surface area (Å²) in [4.78, 5) is 7.78. The van der Waals surface area contributed by atoms with Crippen molar-refractivity contribution in [2.75, 3.05) is 11.1 Å². The van der Waals surface area contributed by atoms with Crippen LogP contribution in [0.25, 0.3) is 0 Å². The summed E-state index contributed by atoms with van der Waals surface area (Å²) in [6.07, 6.45) is 3.30. The van der Waals surface area contributed by atoms with Gasteiger partial charge in [-0.15, -0.1) is 0 Å². The molecule has 0 aromatic carbocycles. The summed E-state index contributed by atoms with van der Waals surface area (Å²) >= 11 is 5.69. The van der Waals surface area contributed by atoms with Crippen molar-refractivity contribution in [3.8, 4) is 0 Å². The van der Waals surface area contributed by atoms with Crippen molar-refractivity contribution in [2.45, 2.75) is 6.92 Å². The number of hydrogen-bond donors (Lipinski definition) is 2. The van der Waals surface area contributed by atoms with Crippen molar-refractivity contribution in [3.05, 3.63) is 23.4 Å². The molecule has 0 radical (unpaired) electrons. The van der Waals surface area contributed by atoms with E-state index in [1.807, 2.05) is 20.2 Å². The molecule has 0 amide bonds. The van der Waals surface area contributed by atoms with Gasteiger partial charge >= 0.3 is 0 Å². The molecule has 0 saturated heterocycles. The van der Waals surface area contributed by atoms with Crippen LogP contribution < -0.4 is 11.1 Å². The molecule has 0 spiro atoms. The fourth-order valence-corrected chi connectivity index (χ4v) is 1.45. The Morgan fingerprint density at radius 1 is 1.50 bits per heavy atom. The lowest BCUT2D eigenvalue weighted by Crippen LogP contribution is -2.00. The van der Waals surface area contributed by atoms with E-state index in [9.17, 15) is 0 Å². The maximum Gasteiger partial charge on any atom is 0.224 e. The van der Waals surface area contributed by atoms with Crippen LogP contribution in [0.3, 0.4) is 0 Å². The Balaban J connectivity index is 2.33. The zero-order valence-corrected chi connectivity index (χ0v) is 9.65. The van der Waals surface area contributed by atoms with Gasteiger partial charge in [-0.2, -0.15) is 10.1 Å². The van der Waals surface area contributed by atoms with Crippen molar-refractivity contribution < 1.29 is 0 Å². The average molecular weight is 239 g/mol. The van der Waals surface area contributed by atoms with Crippen LogP contribution in [0, 0.1) is 6.92 Å². The van der Waals surface area contributed by atoms with Gasteiger partial charge in [-0.3, -0.25) is 4.68 Å². The molecule has 2 aromatic heterocycles. The molecular weight excluding hydrogens is 228 g/mol. The Bertz CT molecular complexity index is 521. The highest BCUT2D eigenvalue weighted by Crippen LogP contribution is 2.22. The van der Waals surface area contributed by atoms with Crippen LogP contribution in [0.2, 0.25) is 5.28 Å². The quantitative estimate of drug-likeness (QED) is 0.775. The van der Waals surface area contributed by atoms with Crippen molar-refractivity contribution >= 4 is 28.8 Å². The molecule has 7 heteroatoms. The summed E-state index contributed by atoms with van der Waals surface area (Å²) in [7, 11) is 1.84. The van der Waals surface area contributed by atoms with Crippen LogP contribution in [-0.2, 0) is 7.05 Å². The van der Waals surface area contributed by atoms with E-state index in [4.69, 9.17) is 17.3 Å². The number of aromatic nitrogens is 4. The highest BCUT2D eigenvalue weighted by molar-refractivity contribution is 6.28. The maximum absolute atomic E-state index is 5.72. The van der Waals surface area contributed by atoms with Crippen molar-refractivity contribution in [1.82, 2.24) is 19.7 Å². The summed E-state index contributed by atoms with van der Waals surface area (Å²) in [5, 5.41) is 7.41. The number of halogens is 1. The van der Waals surface area contributed by atoms with E-state index in [0.717, 1.165) is 11.4 Å². The maximum atomic E-state index is 5.72. The van der Waals surface area contributed by atoms with Gasteiger partial charge in [0.15, 0.2) is 5.82 Å². The molecule has 0 bridgehead atoms. The molecule has 3 N–H and O–H groups in total. The van der Waals surface area contributed by atoms with Gasteiger partial charge < -0.3 is 11.1 Å². The van der Waals surface area contributed by atoms with E-state index in [1.54, 1.807) is 4.68 Å². The lowest BCUT2D eigenvalue weighted by atomic mass is 10.4. The molecule has 0 aliphatic carbocycles. The molecule has 16 heavy (non-hydrogen) atoms. The van der Waals surface area contributed by atoms with Gasteiger partial charge in [-0.25, -0.2) is 4.98 Å². The molecule has 0 atom stereocenters. The van der Waals surface area contributed by atoms with E-state index in [2.05, 4.69) is 20.4 Å². The third-order valence-corrected chi connectivity index (χ3v) is 2.24. The molecule has 84 valence electrons. The Morgan fingerprint density at radius 2 is 2.25 bits per heavy atom. The summed E-state index contributed by atoms with van der Waals surface area (Å²) in [6.45, 7) is 1.89. The van der Waals surface area contributed by atoms with Crippen LogP contribution in [0.5, 0.6) is 0 Å². The SMILES string of the molecule is Cc1nn(C)cc1Nc1nc(Cl)ncc1N. The summed E-state index contributed by atoms with van der Waals surface area (Å²) in [6, 6.07) is 0. The highest BCUT2D eigenvalue weighted by Gasteiger charge is 2.07. The lowest BCUT2D eigenvalue weighted by molar-refractivity contribution is 0.756. The highest BCUT2D eigenvalue weighted by atomic mass is 35.5. The largest absolute Gasteiger partial charge is 0.394 e. The smallest absolute Gasteiger partial charge is 0.224 e. The summed E-state index contributed by atoms with van der Waals surface area (Å²) in [5.74, 6) is 0.483. The van der Waals surface area contributed by atoms with E-state index >= 15 is 0 Å². The minimum Gasteiger partial charge on any atom is -0.394 e. The van der Waals surface area contributed by atoms with E-state index < -0.39 is 0 Å². The van der Waals surface area contributed by atoms with Crippen LogP contribution >= 0.6 is 11.6 Å². The third-order valence-electron chi connectivity index (χ3n) is 2.05. The summed E-state index contributed by atoms with van der Waals surface area (Å²) < 4.78 is 1.71. The normalized spacial score (nSPS) is 10.4. The van der Waals surface area contributed by atoms with Crippen molar-refractivity contribution in [3.63, 3.8) is 0 Å². The number of aryl methyl sites for hydroxylation is 2. The first kappa shape index (κ1) is 10.7. The van der Waals surface area contributed by atoms with Crippen LogP contribution in [0.15, 0.2) is 12.4 Å². The number of nitrogen functional groups attached to an aromatic ring is 1. The van der Waals surface area contributed by atoms with E-state index in [1.165, 1.54) is 6.20 Å². The van der Waals surface area contributed by atoms with Gasteiger partial charge in [0.2, 0.25) is 5.28 Å². The van der Waals surface area contributed by atoms with Gasteiger partial charge in [0.25, 0.3) is 0 Å². The van der Waals surface area contributed by atoms with Gasteiger partial charge in [0, 0.05) is 13.2 Å². The van der Waals surface area contributed by atoms with Crippen LogP contribution in [0.1, 0.15) is 5.69 Å². The summed E-state index contributed by atoms with van der Waals surface area (Å²) in [5.41, 5.74) is 7.85. The fourth-order valence-electron chi connectivity index (χ4n) is 1.32. The lowest BCUT2D eigenvalue weighted by Gasteiger charge is -2.06. The van der Waals surface area contributed by atoms with Crippen LogP contribution in [0.4, 0.5) is 17.2 Å². The number of hydrogen-bond acceptors (Lipinski definition) is 5. The van der Waals surface area contributed by atoms with E-state index in [-0.39, 0.29) is 5.28 Å². The molecular formula is C9H11ClN6. The number of nitrogens with zero attached hydrogens (tertiary/aromatic N) is 4. The fraction of sp³-hybridized carbons (Fsp3) is 0.222. The van der Waals surface area contributed by atoms with Gasteiger partial charge in [-0.1, -0.05) is 0 Å². The number of nitrogens with two attached hydrogens (primary N) is 1. The molecule has 0 saturated carbocycles. The zero-order chi connectivity index (χ0) is 11.7. The number of nitrogens with one attached hydrogen (secondary N) is 1. The first-order valence-corrected chi connectivity index (χ1v) is 4.99.